The van der Waals surface area contributed by atoms with Crippen LogP contribution in [0.1, 0.15) is 18.5 Å². The van der Waals surface area contributed by atoms with Crippen molar-refractivity contribution in [2.45, 2.75) is 25.4 Å². The maximum absolute atomic E-state index is 11.3. The highest BCUT2D eigenvalue weighted by atomic mass is 16.4. The summed E-state index contributed by atoms with van der Waals surface area (Å²) in [5.74, 6) is -1.98. The minimum atomic E-state index is -1.11. The molecule has 0 bridgehead atoms. The van der Waals surface area contributed by atoms with Crippen molar-refractivity contribution in [3.8, 4) is 0 Å². The molecule has 0 spiro atoms. The van der Waals surface area contributed by atoms with Crippen molar-refractivity contribution in [3.63, 3.8) is 0 Å². The molecule has 2 heterocycles. The van der Waals surface area contributed by atoms with Crippen LogP contribution in [0.3, 0.4) is 0 Å². The third kappa shape index (κ3) is 5.19. The third-order valence-corrected chi connectivity index (χ3v) is 4.15. The van der Waals surface area contributed by atoms with Crippen molar-refractivity contribution < 1.29 is 19.8 Å². The fraction of sp³-hybridized carbons (Fsp3) is 0.222. The van der Waals surface area contributed by atoms with E-state index in [9.17, 15) is 14.7 Å². The van der Waals surface area contributed by atoms with Crippen LogP contribution in [0.25, 0.3) is 11.2 Å². The summed E-state index contributed by atoms with van der Waals surface area (Å²) in [7, 11) is 0. The van der Waals surface area contributed by atoms with Gasteiger partial charge in [-0.1, -0.05) is 0 Å². The summed E-state index contributed by atoms with van der Waals surface area (Å²) in [5, 5.41) is 23.9. The molecule has 0 aliphatic rings. The molecule has 0 fully saturated rings. The van der Waals surface area contributed by atoms with E-state index in [1.807, 2.05) is 0 Å². The Morgan fingerprint density at radius 1 is 1.03 bits per heavy atom. The smallest absolute Gasteiger partial charge is 0.326 e. The molecule has 0 saturated carbocycles. The maximum atomic E-state index is 11.3. The quantitative estimate of drug-likeness (QED) is 0.290. The van der Waals surface area contributed by atoms with Gasteiger partial charge in [0.25, 0.3) is 0 Å². The molecule has 0 saturated heterocycles. The molecule has 1 atom stereocenters. The lowest BCUT2D eigenvalue weighted by Crippen LogP contribution is -2.29. The Bertz CT molecular complexity index is 1070. The average Bonchev–Trinajstić information content (AvgIpc) is 2.70. The number of nitrogens with zero attached hydrogens (tertiary/aromatic N) is 4. The number of aliphatic carboxylic acids is 2. The molecular formula is C18H20N8O4. The first-order chi connectivity index (χ1) is 14.3. The monoisotopic (exact) mass is 412 g/mol. The van der Waals surface area contributed by atoms with E-state index in [0.717, 1.165) is 5.69 Å². The molecule has 30 heavy (non-hydrogen) atoms. The van der Waals surface area contributed by atoms with Gasteiger partial charge in [0.15, 0.2) is 17.0 Å². The fourth-order valence-electron chi connectivity index (χ4n) is 2.67. The van der Waals surface area contributed by atoms with Crippen molar-refractivity contribution >= 4 is 46.2 Å². The van der Waals surface area contributed by atoms with Crippen LogP contribution in [-0.4, -0.2) is 48.1 Å². The van der Waals surface area contributed by atoms with Crippen LogP contribution in [0.15, 0.2) is 30.5 Å². The van der Waals surface area contributed by atoms with E-state index in [2.05, 4.69) is 30.6 Å². The largest absolute Gasteiger partial charge is 0.481 e. The number of nitrogen functional groups attached to an aromatic ring is 2. The number of fused-ring (bicyclic) bond motifs is 1. The highest BCUT2D eigenvalue weighted by molar-refractivity contribution is 5.81. The normalized spacial score (nSPS) is 11.7. The average molecular weight is 412 g/mol. The van der Waals surface area contributed by atoms with Gasteiger partial charge in [-0.2, -0.15) is 9.97 Å². The topological polar surface area (TPSA) is 202 Å². The van der Waals surface area contributed by atoms with E-state index >= 15 is 0 Å². The van der Waals surface area contributed by atoms with Crippen LogP contribution >= 0.6 is 0 Å². The van der Waals surface area contributed by atoms with Gasteiger partial charge in [0.05, 0.1) is 18.4 Å². The van der Waals surface area contributed by atoms with Gasteiger partial charge >= 0.3 is 11.9 Å². The molecule has 8 N–H and O–H groups in total. The molecule has 0 unspecified atom stereocenters. The number of benzene rings is 1. The number of nitrogens with one attached hydrogen (secondary N) is 2. The van der Waals surface area contributed by atoms with E-state index in [1.54, 1.807) is 30.5 Å². The van der Waals surface area contributed by atoms with E-state index in [1.165, 1.54) is 0 Å². The zero-order valence-electron chi connectivity index (χ0n) is 15.7. The second kappa shape index (κ2) is 8.86. The van der Waals surface area contributed by atoms with Gasteiger partial charge < -0.3 is 32.3 Å². The van der Waals surface area contributed by atoms with Crippen LogP contribution in [0.4, 0.5) is 23.1 Å². The predicted octanol–water partition coefficient (Wildman–Crippen LogP) is 0.926. The number of carboxylic acid groups (broad SMARTS) is 2. The van der Waals surface area contributed by atoms with Crippen molar-refractivity contribution in [1.82, 2.24) is 19.9 Å². The minimum absolute atomic E-state index is 0.0240. The minimum Gasteiger partial charge on any atom is -0.481 e. The van der Waals surface area contributed by atoms with Gasteiger partial charge in [0, 0.05) is 17.8 Å². The Balaban J connectivity index is 1.62. The van der Waals surface area contributed by atoms with Crippen molar-refractivity contribution in [3.05, 3.63) is 36.2 Å². The first-order valence-corrected chi connectivity index (χ1v) is 8.91. The van der Waals surface area contributed by atoms with Crippen LogP contribution in [-0.2, 0) is 16.1 Å². The Morgan fingerprint density at radius 2 is 1.73 bits per heavy atom. The summed E-state index contributed by atoms with van der Waals surface area (Å²) in [4.78, 5) is 38.4. The Kier molecular flexibility index (Phi) is 6.05. The van der Waals surface area contributed by atoms with Crippen molar-refractivity contribution in [1.29, 1.82) is 0 Å². The van der Waals surface area contributed by atoms with E-state index in [4.69, 9.17) is 16.6 Å². The van der Waals surface area contributed by atoms with Crippen LogP contribution in [0, 0.1) is 0 Å². The molecule has 0 radical (unpaired) electrons. The molecule has 3 rings (SSSR count). The SMILES string of the molecule is Nc1nc(N)c2nc(CNc3ccc(N[C@@H](CCC(=O)O)C(=O)O)cc3)cnc2n1. The lowest BCUT2D eigenvalue weighted by atomic mass is 10.1. The highest BCUT2D eigenvalue weighted by Gasteiger charge is 2.18. The molecule has 12 nitrogen and oxygen atoms in total. The predicted molar refractivity (Wildman–Crippen MR) is 110 cm³/mol. The molecule has 3 aromatic rings. The van der Waals surface area contributed by atoms with Gasteiger partial charge in [-0.05, 0) is 30.7 Å². The first kappa shape index (κ1) is 20.5. The van der Waals surface area contributed by atoms with Gasteiger partial charge in [-0.25, -0.2) is 14.8 Å². The molecule has 0 amide bonds. The van der Waals surface area contributed by atoms with Gasteiger partial charge in [0.2, 0.25) is 5.95 Å². The standard InChI is InChI=1S/C18H20N8O4/c19-15-14-16(26-18(20)25-15)22-8-11(24-14)7-21-9-1-3-10(4-2-9)23-12(17(29)30)5-6-13(27)28/h1-4,8,12,21,23H,5-7H2,(H,27,28)(H,29,30)(H4,19,20,22,25,26)/t12-/m0/s1. The molecule has 0 aliphatic heterocycles. The number of carbonyl (C=O) groups is 2. The number of rotatable bonds is 9. The number of carboxylic acids is 2. The molecule has 0 aliphatic carbocycles. The van der Waals surface area contributed by atoms with Crippen LogP contribution in [0.5, 0.6) is 0 Å². The zero-order chi connectivity index (χ0) is 21.7. The molecule has 1 aromatic carbocycles. The summed E-state index contributed by atoms with van der Waals surface area (Å²) < 4.78 is 0. The fourth-order valence-corrected chi connectivity index (χ4v) is 2.67. The second-order valence-corrected chi connectivity index (χ2v) is 6.40. The summed E-state index contributed by atoms with van der Waals surface area (Å²) in [5.41, 5.74) is 14.0. The van der Waals surface area contributed by atoms with Gasteiger partial charge in [0.1, 0.15) is 6.04 Å². The highest BCUT2D eigenvalue weighted by Crippen LogP contribution is 2.18. The Hall–Kier alpha value is -4.22. The van der Waals surface area contributed by atoms with Crippen molar-refractivity contribution in [2.75, 3.05) is 22.1 Å². The number of aromatic nitrogens is 4. The maximum Gasteiger partial charge on any atom is 0.326 e. The van der Waals surface area contributed by atoms with E-state index in [0.29, 0.717) is 29.1 Å². The zero-order valence-corrected chi connectivity index (χ0v) is 15.7. The first-order valence-electron chi connectivity index (χ1n) is 8.91. The van der Waals surface area contributed by atoms with Crippen LogP contribution in [0.2, 0.25) is 0 Å². The number of hydrogen-bond acceptors (Lipinski definition) is 10. The molecule has 12 heteroatoms. The van der Waals surface area contributed by atoms with E-state index < -0.39 is 18.0 Å². The number of anilines is 4. The molecular weight excluding hydrogens is 392 g/mol. The van der Waals surface area contributed by atoms with Gasteiger partial charge in [-0.3, -0.25) is 4.79 Å². The Labute approximate surface area is 170 Å². The lowest BCUT2D eigenvalue weighted by molar-refractivity contribution is -0.139. The number of nitrogens with two attached hydrogens (primary N) is 2. The second-order valence-electron chi connectivity index (χ2n) is 6.40. The lowest BCUT2D eigenvalue weighted by Gasteiger charge is -2.15. The number of hydrogen-bond donors (Lipinski definition) is 6. The summed E-state index contributed by atoms with van der Waals surface area (Å²) in [6.07, 6.45) is 1.29. The van der Waals surface area contributed by atoms with Crippen molar-refractivity contribution in [2.24, 2.45) is 0 Å². The molecule has 156 valence electrons. The third-order valence-electron chi connectivity index (χ3n) is 4.15. The Morgan fingerprint density at radius 3 is 2.40 bits per heavy atom. The van der Waals surface area contributed by atoms with Gasteiger partial charge in [-0.15, -0.1) is 0 Å². The summed E-state index contributed by atoms with van der Waals surface area (Å²) in [6, 6.07) is 5.91. The molecule has 2 aromatic heterocycles. The summed E-state index contributed by atoms with van der Waals surface area (Å²) in [6.45, 7) is 0.357. The van der Waals surface area contributed by atoms with E-state index in [-0.39, 0.29) is 24.6 Å². The summed E-state index contributed by atoms with van der Waals surface area (Å²) >= 11 is 0. The van der Waals surface area contributed by atoms with Crippen LogP contribution < -0.4 is 22.1 Å².